The van der Waals surface area contributed by atoms with Crippen molar-refractivity contribution in [3.05, 3.63) is 33.9 Å². The van der Waals surface area contributed by atoms with Gasteiger partial charge in [-0.2, -0.15) is 0 Å². The average Bonchev–Trinajstić information content (AvgIpc) is 2.84. The lowest BCUT2D eigenvalue weighted by Crippen LogP contribution is -2.26. The van der Waals surface area contributed by atoms with Gasteiger partial charge < -0.3 is 14.7 Å². The Hall–Kier alpha value is -2.15. The molecular weight excluding hydrogens is 276 g/mol. The third kappa shape index (κ3) is 3.69. The summed E-state index contributed by atoms with van der Waals surface area (Å²) < 4.78 is 5.53. The molecule has 7 nitrogen and oxygen atoms in total. The molecule has 1 fully saturated rings. The largest absolute Gasteiger partial charge is 0.494 e. The van der Waals surface area contributed by atoms with E-state index in [1.54, 1.807) is 0 Å². The second-order valence-electron chi connectivity index (χ2n) is 5.16. The summed E-state index contributed by atoms with van der Waals surface area (Å²) in [5, 5.41) is 19.8. The molecular formula is C14H18N2O5. The molecule has 1 heterocycles. The molecule has 7 heteroatoms. The van der Waals surface area contributed by atoms with Crippen LogP contribution in [0, 0.1) is 10.1 Å². The summed E-state index contributed by atoms with van der Waals surface area (Å²) in [6, 6.07) is 4.30. The van der Waals surface area contributed by atoms with E-state index in [1.165, 1.54) is 24.6 Å². The smallest absolute Gasteiger partial charge is 0.342 e. The van der Waals surface area contributed by atoms with E-state index in [1.807, 2.05) is 0 Å². The van der Waals surface area contributed by atoms with Crippen molar-refractivity contribution in [2.75, 3.05) is 20.2 Å². The van der Waals surface area contributed by atoms with Crippen LogP contribution < -0.4 is 4.74 Å². The van der Waals surface area contributed by atoms with Crippen LogP contribution in [-0.4, -0.2) is 47.1 Å². The topological polar surface area (TPSA) is 92.9 Å². The van der Waals surface area contributed by atoms with Crippen LogP contribution in [-0.2, 0) is 0 Å². The molecule has 1 saturated heterocycles. The van der Waals surface area contributed by atoms with Crippen molar-refractivity contribution in [2.45, 2.75) is 25.3 Å². The van der Waals surface area contributed by atoms with Gasteiger partial charge in [0.25, 0.3) is 5.69 Å². The van der Waals surface area contributed by atoms with E-state index in [0.717, 1.165) is 19.4 Å². The van der Waals surface area contributed by atoms with Gasteiger partial charge in [-0.1, -0.05) is 0 Å². The van der Waals surface area contributed by atoms with Crippen molar-refractivity contribution >= 4 is 11.7 Å². The van der Waals surface area contributed by atoms with Gasteiger partial charge in [-0.05, 0) is 38.9 Å². The van der Waals surface area contributed by atoms with Crippen LogP contribution in [0.3, 0.4) is 0 Å². The lowest BCUT2D eigenvalue weighted by atomic mass is 10.1. The second-order valence-corrected chi connectivity index (χ2v) is 5.16. The van der Waals surface area contributed by atoms with E-state index in [0.29, 0.717) is 18.4 Å². The van der Waals surface area contributed by atoms with Gasteiger partial charge in [-0.3, -0.25) is 10.1 Å². The monoisotopic (exact) mass is 294 g/mol. The van der Waals surface area contributed by atoms with Crippen LogP contribution in [0.5, 0.6) is 5.75 Å². The number of aromatic carboxylic acids is 1. The van der Waals surface area contributed by atoms with Crippen molar-refractivity contribution in [2.24, 2.45) is 0 Å². The molecule has 1 aromatic carbocycles. The molecule has 0 bridgehead atoms. The maximum Gasteiger partial charge on any atom is 0.342 e. The van der Waals surface area contributed by atoms with Crippen LogP contribution in [0.1, 0.15) is 29.6 Å². The number of carboxylic acids is 1. The number of carboxylic acid groups (broad SMARTS) is 1. The Bertz CT molecular complexity index is 546. The summed E-state index contributed by atoms with van der Waals surface area (Å²) in [5.41, 5.74) is -0.777. The molecule has 0 amide bonds. The van der Waals surface area contributed by atoms with Gasteiger partial charge in [0.05, 0.1) is 11.5 Å². The first-order valence-electron chi connectivity index (χ1n) is 6.84. The number of nitro groups is 1. The first kappa shape index (κ1) is 15.2. The number of hydrogen-bond acceptors (Lipinski definition) is 5. The summed E-state index contributed by atoms with van der Waals surface area (Å²) in [7, 11) is 2.08. The van der Waals surface area contributed by atoms with Gasteiger partial charge in [0.1, 0.15) is 11.3 Å². The molecule has 0 aliphatic carbocycles. The molecule has 1 N–H and O–H groups in total. The fourth-order valence-electron chi connectivity index (χ4n) is 2.59. The van der Waals surface area contributed by atoms with Crippen molar-refractivity contribution in [3.8, 4) is 5.75 Å². The molecule has 0 aromatic heterocycles. The van der Waals surface area contributed by atoms with E-state index in [-0.39, 0.29) is 5.56 Å². The molecule has 21 heavy (non-hydrogen) atoms. The fourth-order valence-corrected chi connectivity index (χ4v) is 2.59. The van der Waals surface area contributed by atoms with E-state index in [4.69, 9.17) is 9.84 Å². The first-order valence-corrected chi connectivity index (χ1v) is 6.84. The molecule has 0 radical (unpaired) electrons. The quantitative estimate of drug-likeness (QED) is 0.638. The highest BCUT2D eigenvalue weighted by Gasteiger charge is 2.22. The Morgan fingerprint density at radius 2 is 2.33 bits per heavy atom. The minimum absolute atomic E-state index is 0.346. The van der Waals surface area contributed by atoms with E-state index in [9.17, 15) is 14.9 Å². The Morgan fingerprint density at radius 3 is 2.90 bits per heavy atom. The van der Waals surface area contributed by atoms with Gasteiger partial charge in [0, 0.05) is 18.2 Å². The maximum absolute atomic E-state index is 11.0. The fraction of sp³-hybridized carbons (Fsp3) is 0.500. The molecule has 114 valence electrons. The highest BCUT2D eigenvalue weighted by molar-refractivity contribution is 5.92. The summed E-state index contributed by atoms with van der Waals surface area (Å²) in [6.45, 7) is 1.55. The Labute approximate surface area is 122 Å². The molecule has 1 aliphatic heterocycles. The minimum Gasteiger partial charge on any atom is -0.494 e. The Balaban J connectivity index is 1.99. The van der Waals surface area contributed by atoms with Crippen molar-refractivity contribution < 1.29 is 19.6 Å². The number of ether oxygens (including phenoxy) is 1. The first-order chi connectivity index (χ1) is 9.99. The van der Waals surface area contributed by atoms with Crippen LogP contribution in [0.15, 0.2) is 18.2 Å². The van der Waals surface area contributed by atoms with Crippen molar-refractivity contribution in [3.63, 3.8) is 0 Å². The predicted molar refractivity (Wildman–Crippen MR) is 75.8 cm³/mol. The number of likely N-dealkylation sites (tertiary alicyclic amines) is 1. The summed E-state index contributed by atoms with van der Waals surface area (Å²) in [6.07, 6.45) is 3.18. The zero-order valence-electron chi connectivity index (χ0n) is 11.8. The van der Waals surface area contributed by atoms with E-state index >= 15 is 0 Å². The van der Waals surface area contributed by atoms with Crippen molar-refractivity contribution in [1.82, 2.24) is 4.90 Å². The van der Waals surface area contributed by atoms with Gasteiger partial charge in [0.2, 0.25) is 0 Å². The second kappa shape index (κ2) is 6.53. The zero-order valence-corrected chi connectivity index (χ0v) is 11.8. The summed E-state index contributed by atoms with van der Waals surface area (Å²) in [4.78, 5) is 23.4. The van der Waals surface area contributed by atoms with Crippen LogP contribution in [0.2, 0.25) is 0 Å². The Kier molecular flexibility index (Phi) is 4.74. The molecule has 1 aliphatic rings. The minimum atomic E-state index is -1.33. The number of hydrogen-bond donors (Lipinski definition) is 1. The molecule has 1 aromatic rings. The van der Waals surface area contributed by atoms with E-state index < -0.39 is 16.6 Å². The van der Waals surface area contributed by atoms with Gasteiger partial charge in [0.15, 0.2) is 0 Å². The predicted octanol–water partition coefficient (Wildman–Crippen LogP) is 2.16. The Morgan fingerprint density at radius 1 is 1.57 bits per heavy atom. The highest BCUT2D eigenvalue weighted by Crippen LogP contribution is 2.25. The highest BCUT2D eigenvalue weighted by atomic mass is 16.6. The van der Waals surface area contributed by atoms with Crippen molar-refractivity contribution in [1.29, 1.82) is 0 Å². The number of rotatable bonds is 6. The van der Waals surface area contributed by atoms with Gasteiger partial charge in [-0.15, -0.1) is 0 Å². The number of carbonyl (C=O) groups is 1. The molecule has 0 spiro atoms. The average molecular weight is 294 g/mol. The summed E-state index contributed by atoms with van der Waals surface area (Å²) in [5.74, 6) is -0.985. The van der Waals surface area contributed by atoms with E-state index in [2.05, 4.69) is 11.9 Å². The number of benzene rings is 1. The third-order valence-corrected chi connectivity index (χ3v) is 3.79. The van der Waals surface area contributed by atoms with Gasteiger partial charge >= 0.3 is 5.97 Å². The normalized spacial score (nSPS) is 18.6. The number of nitro benzene ring substituents is 1. The molecule has 0 saturated carbocycles. The SMILES string of the molecule is CN1CCCC1CCOc1ccc([N+](=O)[O-])c(C(=O)O)c1. The number of nitrogens with zero attached hydrogens (tertiary/aromatic N) is 2. The third-order valence-electron chi connectivity index (χ3n) is 3.79. The van der Waals surface area contributed by atoms with Crippen LogP contribution in [0.25, 0.3) is 0 Å². The van der Waals surface area contributed by atoms with Crippen LogP contribution >= 0.6 is 0 Å². The summed E-state index contributed by atoms with van der Waals surface area (Å²) >= 11 is 0. The molecule has 2 rings (SSSR count). The maximum atomic E-state index is 11.0. The lowest BCUT2D eigenvalue weighted by molar-refractivity contribution is -0.385. The molecule has 1 atom stereocenters. The standard InChI is InChI=1S/C14H18N2O5/c1-15-7-2-3-10(15)6-8-21-11-4-5-13(16(19)20)12(9-11)14(17)18/h4-5,9-10H,2-3,6-8H2,1H3,(H,17,18). The molecule has 1 unspecified atom stereocenters. The van der Waals surface area contributed by atoms with Gasteiger partial charge in [-0.25, -0.2) is 4.79 Å². The zero-order chi connectivity index (χ0) is 15.4. The lowest BCUT2D eigenvalue weighted by Gasteiger charge is -2.19. The van der Waals surface area contributed by atoms with Crippen LogP contribution in [0.4, 0.5) is 5.69 Å².